The Labute approximate surface area is 202 Å². The minimum atomic E-state index is -3.70. The van der Waals surface area contributed by atoms with Gasteiger partial charge in [0.05, 0.1) is 35.2 Å². The molecule has 0 aliphatic carbocycles. The van der Waals surface area contributed by atoms with Gasteiger partial charge in [-0.1, -0.05) is 24.3 Å². The third-order valence-electron chi connectivity index (χ3n) is 5.32. The number of furan rings is 1. The number of nitrogens with zero attached hydrogens (tertiary/aromatic N) is 2. The van der Waals surface area contributed by atoms with Crippen molar-refractivity contribution in [3.63, 3.8) is 0 Å². The molecule has 35 heavy (non-hydrogen) atoms. The first kappa shape index (κ1) is 24.1. The quantitative estimate of drug-likeness (QED) is 0.346. The lowest BCUT2D eigenvalue weighted by atomic mass is 10.2. The first-order valence-corrected chi connectivity index (χ1v) is 12.4. The average molecular weight is 493 g/mol. The summed E-state index contributed by atoms with van der Waals surface area (Å²) in [6.45, 7) is 2.45. The van der Waals surface area contributed by atoms with Crippen molar-refractivity contribution >= 4 is 32.9 Å². The minimum absolute atomic E-state index is 0.0513. The fourth-order valence-corrected chi connectivity index (χ4v) is 4.42. The second-order valence-corrected chi connectivity index (χ2v) is 9.46. The van der Waals surface area contributed by atoms with Crippen molar-refractivity contribution in [3.8, 4) is 0 Å². The minimum Gasteiger partial charge on any atom is -0.468 e. The number of nitrogens with one attached hydrogen (secondary N) is 2. The van der Waals surface area contributed by atoms with E-state index in [4.69, 9.17) is 4.42 Å². The predicted octanol–water partition coefficient (Wildman–Crippen LogP) is 3.06. The van der Waals surface area contributed by atoms with Gasteiger partial charge in [0.2, 0.25) is 15.9 Å². The molecule has 2 aromatic carbocycles. The van der Waals surface area contributed by atoms with Crippen LogP contribution in [0.3, 0.4) is 0 Å². The summed E-state index contributed by atoms with van der Waals surface area (Å²) >= 11 is 0. The van der Waals surface area contributed by atoms with Gasteiger partial charge in [-0.15, -0.1) is 0 Å². The van der Waals surface area contributed by atoms with Crippen molar-refractivity contribution in [2.24, 2.45) is 0 Å². The summed E-state index contributed by atoms with van der Waals surface area (Å²) in [7, 11) is -3.70. The number of fused-ring (bicyclic) bond motifs is 1. The number of amides is 1. The van der Waals surface area contributed by atoms with Crippen LogP contribution in [-0.2, 0) is 27.9 Å². The number of carbonyl (C=O) groups is 1. The summed E-state index contributed by atoms with van der Waals surface area (Å²) in [6.07, 6.45) is 4.49. The molecule has 0 unspecified atom stereocenters. The summed E-state index contributed by atoms with van der Waals surface area (Å²) in [5.41, 5.74) is 0.981. The number of aromatic amines is 1. The van der Waals surface area contributed by atoms with Crippen molar-refractivity contribution < 1.29 is 17.6 Å². The van der Waals surface area contributed by atoms with Crippen LogP contribution in [0.1, 0.15) is 24.1 Å². The Morgan fingerprint density at radius 3 is 2.60 bits per heavy atom. The molecule has 0 bridgehead atoms. The zero-order chi connectivity index (χ0) is 24.8. The van der Waals surface area contributed by atoms with E-state index >= 15 is 0 Å². The number of likely N-dealkylation sites (N-methyl/N-ethyl adjacent to an activating group) is 1. The second kappa shape index (κ2) is 10.5. The lowest BCUT2D eigenvalue weighted by Crippen LogP contribution is -2.30. The maximum absolute atomic E-state index is 12.7. The molecule has 4 rings (SSSR count). The highest BCUT2D eigenvalue weighted by Crippen LogP contribution is 2.13. The van der Waals surface area contributed by atoms with E-state index in [2.05, 4.69) is 14.7 Å². The van der Waals surface area contributed by atoms with Gasteiger partial charge in [0, 0.05) is 12.6 Å². The molecule has 1 amide bonds. The topological polar surface area (TPSA) is 125 Å². The number of benzene rings is 2. The highest BCUT2D eigenvalue weighted by atomic mass is 32.2. The van der Waals surface area contributed by atoms with E-state index in [9.17, 15) is 18.0 Å². The molecule has 9 nitrogen and oxygen atoms in total. The normalized spacial score (nSPS) is 11.8. The molecule has 0 spiro atoms. The number of carbonyl (C=O) groups excluding carboxylic acids is 1. The van der Waals surface area contributed by atoms with E-state index in [0.717, 1.165) is 0 Å². The van der Waals surface area contributed by atoms with E-state index in [1.807, 2.05) is 6.92 Å². The maximum Gasteiger partial charge on any atom is 0.258 e. The largest absolute Gasteiger partial charge is 0.468 e. The van der Waals surface area contributed by atoms with E-state index < -0.39 is 10.0 Å². The van der Waals surface area contributed by atoms with Crippen LogP contribution in [0, 0.1) is 0 Å². The molecular formula is C25H24N4O5S. The molecule has 0 saturated carbocycles. The van der Waals surface area contributed by atoms with Crippen molar-refractivity contribution in [2.45, 2.75) is 24.9 Å². The Morgan fingerprint density at radius 2 is 1.89 bits per heavy atom. The molecule has 2 aromatic heterocycles. The van der Waals surface area contributed by atoms with Gasteiger partial charge in [-0.2, -0.15) is 0 Å². The number of aromatic nitrogens is 2. The SMILES string of the molecule is CCN(Cc1nc2ccccc2c(=O)[nH]1)C(=O)C=Cc1ccc(S(=O)(=O)NCc2ccco2)cc1. The van der Waals surface area contributed by atoms with Gasteiger partial charge < -0.3 is 14.3 Å². The third kappa shape index (κ3) is 5.92. The van der Waals surface area contributed by atoms with E-state index in [-0.39, 0.29) is 29.5 Å². The van der Waals surface area contributed by atoms with Gasteiger partial charge in [-0.25, -0.2) is 18.1 Å². The van der Waals surface area contributed by atoms with E-state index in [0.29, 0.717) is 34.6 Å². The average Bonchev–Trinajstić information content (AvgIpc) is 3.39. The lowest BCUT2D eigenvalue weighted by molar-refractivity contribution is -0.126. The van der Waals surface area contributed by atoms with Crippen LogP contribution in [0.2, 0.25) is 0 Å². The van der Waals surface area contributed by atoms with Crippen LogP contribution < -0.4 is 10.3 Å². The first-order chi connectivity index (χ1) is 16.9. The smallest absolute Gasteiger partial charge is 0.258 e. The number of para-hydroxylation sites is 1. The fraction of sp³-hybridized carbons (Fsp3) is 0.160. The summed E-state index contributed by atoms with van der Waals surface area (Å²) in [5.74, 6) is 0.643. The molecule has 2 N–H and O–H groups in total. The Morgan fingerprint density at radius 1 is 1.11 bits per heavy atom. The molecule has 2 heterocycles. The Hall–Kier alpha value is -4.02. The van der Waals surface area contributed by atoms with Gasteiger partial charge in [-0.3, -0.25) is 9.59 Å². The van der Waals surface area contributed by atoms with Crippen molar-refractivity contribution in [1.29, 1.82) is 0 Å². The molecule has 0 aliphatic heterocycles. The number of rotatable bonds is 9. The van der Waals surface area contributed by atoms with Crippen molar-refractivity contribution in [1.82, 2.24) is 19.6 Å². The summed E-state index contributed by atoms with van der Waals surface area (Å²) in [5, 5.41) is 0.493. The van der Waals surface area contributed by atoms with Gasteiger partial charge in [0.25, 0.3) is 5.56 Å². The van der Waals surface area contributed by atoms with Crippen LogP contribution in [0.25, 0.3) is 17.0 Å². The van der Waals surface area contributed by atoms with Crippen LogP contribution in [-0.4, -0.2) is 35.7 Å². The molecule has 0 fully saturated rings. The van der Waals surface area contributed by atoms with Gasteiger partial charge >= 0.3 is 0 Å². The molecule has 0 radical (unpaired) electrons. The van der Waals surface area contributed by atoms with Crippen LogP contribution in [0.4, 0.5) is 0 Å². The van der Waals surface area contributed by atoms with Crippen molar-refractivity contribution in [2.75, 3.05) is 6.54 Å². The molecule has 0 atom stereocenters. The summed E-state index contributed by atoms with van der Waals surface area (Å²) < 4.78 is 32.5. The number of hydrogen-bond donors (Lipinski definition) is 2. The van der Waals surface area contributed by atoms with Crippen LogP contribution >= 0.6 is 0 Å². The standard InChI is InChI=1S/C25H24N4O5S/c1-2-29(17-23-27-22-8-4-3-7-21(22)25(31)28-23)24(30)14-11-18-9-12-20(13-10-18)35(32,33)26-16-19-6-5-15-34-19/h3-15,26H,2,16-17H2,1H3,(H,27,28,31). The molecule has 10 heteroatoms. The lowest BCUT2D eigenvalue weighted by Gasteiger charge is -2.18. The second-order valence-electron chi connectivity index (χ2n) is 7.69. The highest BCUT2D eigenvalue weighted by Gasteiger charge is 2.15. The van der Waals surface area contributed by atoms with Crippen LogP contribution in [0.5, 0.6) is 0 Å². The molecule has 180 valence electrons. The van der Waals surface area contributed by atoms with Gasteiger partial charge in [-0.05, 0) is 55.0 Å². The summed E-state index contributed by atoms with van der Waals surface area (Å²) in [4.78, 5) is 33.8. The molecule has 0 saturated heterocycles. The summed E-state index contributed by atoms with van der Waals surface area (Å²) in [6, 6.07) is 16.6. The number of hydrogen-bond acceptors (Lipinski definition) is 6. The number of H-pyrrole nitrogens is 1. The van der Waals surface area contributed by atoms with Gasteiger partial charge in [0.1, 0.15) is 11.6 Å². The Balaban J connectivity index is 1.41. The Bertz CT molecular complexity index is 1510. The molecule has 4 aromatic rings. The maximum atomic E-state index is 12.7. The van der Waals surface area contributed by atoms with Gasteiger partial charge in [0.15, 0.2) is 0 Å². The zero-order valence-corrected chi connectivity index (χ0v) is 19.8. The first-order valence-electron chi connectivity index (χ1n) is 10.9. The van der Waals surface area contributed by atoms with Crippen molar-refractivity contribution in [3.05, 3.63) is 101 Å². The molecule has 0 aliphatic rings. The third-order valence-corrected chi connectivity index (χ3v) is 6.74. The fourth-order valence-electron chi connectivity index (χ4n) is 3.43. The Kier molecular flexibility index (Phi) is 7.23. The molecular weight excluding hydrogens is 468 g/mol. The van der Waals surface area contributed by atoms with E-state index in [1.54, 1.807) is 59.5 Å². The van der Waals surface area contributed by atoms with Crippen LogP contribution in [0.15, 0.2) is 87.1 Å². The monoisotopic (exact) mass is 492 g/mol. The zero-order valence-electron chi connectivity index (χ0n) is 19.0. The number of sulfonamides is 1. The van der Waals surface area contributed by atoms with E-state index in [1.165, 1.54) is 24.5 Å². The highest BCUT2D eigenvalue weighted by molar-refractivity contribution is 7.89. The predicted molar refractivity (Wildman–Crippen MR) is 132 cm³/mol.